The van der Waals surface area contributed by atoms with E-state index in [-0.39, 0.29) is 6.07 Å². The Hall–Kier alpha value is -6.66. The molecule has 0 aliphatic carbocycles. The van der Waals surface area contributed by atoms with Gasteiger partial charge in [0.05, 0.1) is 20.9 Å². The minimum Gasteiger partial charge on any atom is -0.505 e. The minimum atomic E-state index is -5.63. The molecular weight excluding hydrogens is 1010 g/mol. The Morgan fingerprint density at radius 3 is 1.67 bits per heavy atom. The highest BCUT2D eigenvalue weighted by molar-refractivity contribution is 7.87. The van der Waals surface area contributed by atoms with Crippen molar-refractivity contribution in [3.05, 3.63) is 94.5 Å². The fourth-order valence-corrected chi connectivity index (χ4v) is 10.3. The van der Waals surface area contributed by atoms with Crippen molar-refractivity contribution in [2.45, 2.75) is 36.3 Å². The molecule has 0 saturated heterocycles. The maximum absolute atomic E-state index is 13.2. The number of azo groups is 2. The molecule has 0 aromatic heterocycles. The summed E-state index contributed by atoms with van der Waals surface area (Å²) >= 11 is 0. The maximum atomic E-state index is 13.2. The van der Waals surface area contributed by atoms with Crippen molar-refractivity contribution in [1.82, 2.24) is 0 Å². The highest BCUT2D eigenvalue weighted by atomic mass is 32.2. The number of nitrogen functional groups attached to an aromatic ring is 1. The second-order valence-corrected chi connectivity index (χ2v) is 21.8. The molecule has 8 N–H and O–H groups in total. The van der Waals surface area contributed by atoms with Crippen LogP contribution in [-0.2, 0) is 60.7 Å². The van der Waals surface area contributed by atoms with Gasteiger partial charge in [-0.3, -0.25) is 32.9 Å². The SMILES string of the molecule is Cc1ccc(S(=O)(=O)Oc2cc(S(=O)(=O)O)cc3c(S(=O)(=O)O)c(N=Nc4cc(S(=O)(=O)O)c5cc(S(=O)(=O)O)c(N=Nc6ccc([N+](=O)[O-])cc6S(=O)(=O)O)c(O)c5c4N)ccc23)cc1. The van der Waals surface area contributed by atoms with Crippen molar-refractivity contribution in [3.63, 3.8) is 0 Å². The van der Waals surface area contributed by atoms with E-state index in [2.05, 4.69) is 20.5 Å². The third-order valence-corrected chi connectivity index (χ3v) is 14.6. The van der Waals surface area contributed by atoms with E-state index < -0.39 is 162 Å². The molecule has 6 aromatic rings. The number of aryl methyl sites for hydroxylation is 1. The molecule has 0 spiro atoms. The number of phenolic OH excluding ortho intramolecular Hbond substituents is 1. The van der Waals surface area contributed by atoms with E-state index in [0.29, 0.717) is 42.0 Å². The molecule has 66 heavy (non-hydrogen) atoms. The van der Waals surface area contributed by atoms with E-state index in [1.54, 1.807) is 6.92 Å². The molecule has 0 aliphatic rings. The Kier molecular flexibility index (Phi) is 12.3. The summed E-state index contributed by atoms with van der Waals surface area (Å²) in [5, 5.41) is 33.3. The van der Waals surface area contributed by atoms with Gasteiger partial charge in [0, 0.05) is 34.4 Å². The lowest BCUT2D eigenvalue weighted by atomic mass is 10.0. The van der Waals surface area contributed by atoms with Crippen molar-refractivity contribution in [1.29, 1.82) is 0 Å². The van der Waals surface area contributed by atoms with Crippen LogP contribution in [0.3, 0.4) is 0 Å². The number of rotatable bonds is 13. The monoisotopic (exact) mass is 1030 g/mol. The van der Waals surface area contributed by atoms with Crippen molar-refractivity contribution in [2.75, 3.05) is 5.73 Å². The first-order valence-corrected chi connectivity index (χ1v) is 25.5. The van der Waals surface area contributed by atoms with Gasteiger partial charge in [0.25, 0.3) is 56.3 Å². The lowest BCUT2D eigenvalue weighted by molar-refractivity contribution is -0.385. The summed E-state index contributed by atoms with van der Waals surface area (Å²) in [6.07, 6.45) is 0. The Labute approximate surface area is 370 Å². The van der Waals surface area contributed by atoms with Crippen LogP contribution in [0.1, 0.15) is 5.56 Å². The maximum Gasteiger partial charge on any atom is 0.339 e. The Morgan fingerprint density at radius 1 is 0.561 bits per heavy atom. The van der Waals surface area contributed by atoms with E-state index in [0.717, 1.165) is 24.3 Å². The van der Waals surface area contributed by atoms with Gasteiger partial charge in [-0.2, -0.15) is 50.5 Å². The van der Waals surface area contributed by atoms with Crippen molar-refractivity contribution < 1.29 is 87.5 Å². The number of hydrogen-bond acceptors (Lipinski definition) is 21. The van der Waals surface area contributed by atoms with E-state index in [4.69, 9.17) is 9.92 Å². The summed E-state index contributed by atoms with van der Waals surface area (Å²) in [5.41, 5.74) is 0.806. The quantitative estimate of drug-likeness (QED) is 0.0192. The van der Waals surface area contributed by atoms with Crippen LogP contribution >= 0.6 is 0 Å². The second kappa shape index (κ2) is 16.6. The lowest BCUT2D eigenvalue weighted by Gasteiger charge is -2.15. The fraction of sp³-hybridized carbons (Fsp3) is 0.0303. The number of phenols is 1. The van der Waals surface area contributed by atoms with Crippen LogP contribution in [0.15, 0.2) is 129 Å². The topological polar surface area (TPSA) is 454 Å². The zero-order chi connectivity index (χ0) is 49.3. The van der Waals surface area contributed by atoms with Gasteiger partial charge in [-0.25, -0.2) is 0 Å². The number of non-ortho nitro benzene ring substituents is 1. The van der Waals surface area contributed by atoms with Gasteiger partial charge < -0.3 is 15.0 Å². The third-order valence-electron chi connectivity index (χ3n) is 8.89. The number of hydrogen-bond donors (Lipinski definition) is 7. The summed E-state index contributed by atoms with van der Waals surface area (Å²) in [5.74, 6) is -2.42. The van der Waals surface area contributed by atoms with E-state index in [9.17, 15) is 88.5 Å². The van der Waals surface area contributed by atoms with Gasteiger partial charge in [0.15, 0.2) is 11.5 Å². The van der Waals surface area contributed by atoms with Crippen molar-refractivity contribution in [3.8, 4) is 11.5 Å². The van der Waals surface area contributed by atoms with Gasteiger partial charge in [0.2, 0.25) is 0 Å². The lowest BCUT2D eigenvalue weighted by Crippen LogP contribution is -2.11. The largest absolute Gasteiger partial charge is 0.505 e. The predicted octanol–water partition coefficient (Wildman–Crippen LogP) is 5.33. The fourth-order valence-electron chi connectivity index (χ4n) is 5.99. The first-order valence-electron chi connectivity index (χ1n) is 16.9. The first-order chi connectivity index (χ1) is 30.2. The normalized spacial score (nSPS) is 13.2. The number of aromatic hydroxyl groups is 1. The summed E-state index contributed by atoms with van der Waals surface area (Å²) in [4.78, 5) is 3.06. The molecule has 0 unspecified atom stereocenters. The Morgan fingerprint density at radius 2 is 1.12 bits per heavy atom. The van der Waals surface area contributed by atoms with Gasteiger partial charge in [-0.05, 0) is 55.5 Å². The number of nitro benzene ring substituents is 1. The molecule has 0 aliphatic heterocycles. The molecular formula is C33H24N6O21S6. The smallest absolute Gasteiger partial charge is 0.339 e. The molecule has 6 aromatic carbocycles. The van der Waals surface area contributed by atoms with E-state index in [1.165, 1.54) is 12.1 Å². The average molecular weight is 1030 g/mol. The van der Waals surface area contributed by atoms with Crippen LogP contribution in [0.5, 0.6) is 11.5 Å². The molecule has 0 atom stereocenters. The van der Waals surface area contributed by atoms with E-state index >= 15 is 0 Å². The third kappa shape index (κ3) is 9.79. The average Bonchev–Trinajstić information content (AvgIpc) is 3.17. The number of nitro groups is 1. The Bertz CT molecular complexity index is 3880. The molecule has 27 nitrogen and oxygen atoms in total. The molecule has 0 amide bonds. The Balaban J connectivity index is 1.62. The zero-order valence-electron chi connectivity index (χ0n) is 32.1. The highest BCUT2D eigenvalue weighted by Crippen LogP contribution is 2.49. The molecule has 0 fully saturated rings. The molecule has 33 heteroatoms. The summed E-state index contributed by atoms with van der Waals surface area (Å²) in [7, 11) is -32.3. The van der Waals surface area contributed by atoms with Gasteiger partial charge in [0.1, 0.15) is 47.2 Å². The van der Waals surface area contributed by atoms with Gasteiger partial charge in [-0.1, -0.05) is 17.7 Å². The highest BCUT2D eigenvalue weighted by Gasteiger charge is 2.31. The van der Waals surface area contributed by atoms with Crippen molar-refractivity contribution in [2.24, 2.45) is 20.5 Å². The molecule has 348 valence electrons. The molecule has 0 heterocycles. The standard InChI is InChI=1S/C33H24N6O21S6/c1-15-2-5-17(6-3-15)66(58,59)60-25-12-18(61(43,44)45)11-20-19(25)7-9-23(33(20)65(55,56)57)36-37-24-14-26(62(46,47)48)21-13-28(64(52,53)54)31(32(40)29(21)30(24)34)38-35-22-8-4-16(39(41)42)10-27(22)63(49,50)51/h2-14,40H,34H2,1H3,(H,43,44,45)(H,46,47,48)(H,49,50,51)(H,52,53,54)(H,55,56,57). The minimum absolute atomic E-state index is 0.282. The zero-order valence-corrected chi connectivity index (χ0v) is 37.0. The molecule has 6 rings (SSSR count). The van der Waals surface area contributed by atoms with Crippen LogP contribution in [-0.4, -0.2) is 83.3 Å². The van der Waals surface area contributed by atoms with Gasteiger partial charge >= 0.3 is 10.1 Å². The second-order valence-electron chi connectivity index (χ2n) is 13.3. The summed E-state index contributed by atoms with van der Waals surface area (Å²) < 4.78 is 207. The summed E-state index contributed by atoms with van der Waals surface area (Å²) in [6, 6.07) is 9.87. The number of nitrogens with two attached hydrogens (primary N) is 1. The van der Waals surface area contributed by atoms with Gasteiger partial charge in [-0.15, -0.1) is 20.5 Å². The van der Waals surface area contributed by atoms with Crippen molar-refractivity contribution >= 4 is 116 Å². The number of anilines is 1. The van der Waals surface area contributed by atoms with Crippen LogP contribution < -0.4 is 9.92 Å². The molecule has 0 saturated carbocycles. The van der Waals surface area contributed by atoms with Crippen LogP contribution in [0.25, 0.3) is 21.5 Å². The first kappa shape index (κ1) is 48.8. The van der Waals surface area contributed by atoms with Crippen LogP contribution in [0, 0.1) is 17.0 Å². The van der Waals surface area contributed by atoms with E-state index in [1.807, 2.05) is 0 Å². The molecule has 0 radical (unpaired) electrons. The van der Waals surface area contributed by atoms with Crippen LogP contribution in [0.2, 0.25) is 0 Å². The summed E-state index contributed by atoms with van der Waals surface area (Å²) in [6.45, 7) is 1.63. The number of fused-ring (bicyclic) bond motifs is 2. The number of nitrogens with zero attached hydrogens (tertiary/aromatic N) is 5. The van der Waals surface area contributed by atoms with Crippen LogP contribution in [0.4, 0.5) is 34.1 Å². The predicted molar refractivity (Wildman–Crippen MR) is 223 cm³/mol. The number of benzene rings is 6. The molecule has 0 bridgehead atoms.